The molecule has 2 spiro atoms. The van der Waals surface area contributed by atoms with E-state index in [0.29, 0.717) is 23.7 Å². The first kappa shape index (κ1) is 21.9. The molecule has 6 rings (SSSR count). The Bertz CT molecular complexity index is 855. The van der Waals surface area contributed by atoms with Crippen molar-refractivity contribution in [3.05, 3.63) is 0 Å². The fourth-order valence-electron chi connectivity index (χ4n) is 11.4. The Morgan fingerprint density at radius 3 is 2.28 bits per heavy atom. The Kier molecular flexibility index (Phi) is 4.18. The summed E-state index contributed by atoms with van der Waals surface area (Å²) in [4.78, 5) is 11.8. The normalized spacial score (nSPS) is 62.1. The van der Waals surface area contributed by atoms with E-state index in [1.54, 1.807) is 0 Å². The molecule has 0 aromatic rings. The summed E-state index contributed by atoms with van der Waals surface area (Å²) < 4.78 is 6.17. The first-order valence-corrected chi connectivity index (χ1v) is 13.1. The number of carbonyl (C=O) groups is 1. The minimum Gasteiger partial charge on any atom is -0.479 e. The zero-order valence-corrected chi connectivity index (χ0v) is 20.4. The summed E-state index contributed by atoms with van der Waals surface area (Å²) in [5.41, 5.74) is 0.286. The summed E-state index contributed by atoms with van der Waals surface area (Å²) in [6, 6.07) is 0. The zero-order chi connectivity index (χ0) is 23.1. The van der Waals surface area contributed by atoms with Gasteiger partial charge in [-0.05, 0) is 96.7 Å². The van der Waals surface area contributed by atoms with Gasteiger partial charge in [0.2, 0.25) is 0 Å². The van der Waals surface area contributed by atoms with Gasteiger partial charge in [0.05, 0.1) is 18.3 Å². The van der Waals surface area contributed by atoms with Crippen molar-refractivity contribution in [2.24, 2.45) is 50.7 Å². The van der Waals surface area contributed by atoms with Gasteiger partial charge in [0.1, 0.15) is 0 Å². The average Bonchev–Trinajstić information content (AvgIpc) is 3.36. The quantitative estimate of drug-likeness (QED) is 0.561. The fourth-order valence-corrected chi connectivity index (χ4v) is 11.4. The molecule has 180 valence electrons. The van der Waals surface area contributed by atoms with Gasteiger partial charge in [0.15, 0.2) is 6.10 Å². The van der Waals surface area contributed by atoms with Gasteiger partial charge in [-0.15, -0.1) is 0 Å². The average molecular weight is 447 g/mol. The lowest BCUT2D eigenvalue weighted by atomic mass is 9.41. The van der Waals surface area contributed by atoms with Crippen LogP contribution in [0.4, 0.5) is 0 Å². The van der Waals surface area contributed by atoms with Crippen LogP contribution in [0.1, 0.15) is 86.0 Å². The summed E-state index contributed by atoms with van der Waals surface area (Å²) in [6.07, 6.45) is 6.41. The second kappa shape index (κ2) is 6.12. The molecule has 0 radical (unpaired) electrons. The second-order valence-corrected chi connectivity index (χ2v) is 13.9. The van der Waals surface area contributed by atoms with Crippen LogP contribution in [0.3, 0.4) is 0 Å². The first-order chi connectivity index (χ1) is 14.9. The summed E-state index contributed by atoms with van der Waals surface area (Å²) in [5.74, 6) is 0.575. The molecule has 5 aliphatic carbocycles. The molecule has 3 N–H and O–H groups in total. The van der Waals surface area contributed by atoms with Crippen molar-refractivity contribution >= 4 is 5.97 Å². The molecule has 6 aliphatic rings. The highest BCUT2D eigenvalue weighted by molar-refractivity contribution is 5.72. The van der Waals surface area contributed by atoms with Crippen LogP contribution >= 0.6 is 0 Å². The maximum absolute atomic E-state index is 11.9. The van der Waals surface area contributed by atoms with Gasteiger partial charge in [-0.1, -0.05) is 34.6 Å². The van der Waals surface area contributed by atoms with Crippen molar-refractivity contribution in [1.29, 1.82) is 0 Å². The molecular formula is C27H42O5. The fraction of sp³-hybridized carbons (Fsp3) is 0.963. The molecule has 6 fully saturated rings. The SMILES string of the molecule is C[C@@H]1CC(C(=O)O)OC2[C@H]1[C@@]1(C)CCC34C[C@@]35CC[C@H](O)C(C)(C)[C@@H]5CCC4[C@]1(C)[C@H]2O. The smallest absolute Gasteiger partial charge is 0.332 e. The van der Waals surface area contributed by atoms with E-state index >= 15 is 0 Å². The monoisotopic (exact) mass is 446 g/mol. The molecule has 4 unspecified atom stereocenters. The third kappa shape index (κ3) is 2.13. The van der Waals surface area contributed by atoms with Crippen molar-refractivity contribution in [3.63, 3.8) is 0 Å². The second-order valence-electron chi connectivity index (χ2n) is 13.9. The van der Waals surface area contributed by atoms with Crippen molar-refractivity contribution in [3.8, 4) is 0 Å². The van der Waals surface area contributed by atoms with Crippen LogP contribution in [0.15, 0.2) is 0 Å². The molecule has 0 amide bonds. The Labute approximate surface area is 192 Å². The molecule has 0 aromatic heterocycles. The van der Waals surface area contributed by atoms with Crippen LogP contribution in [0.5, 0.6) is 0 Å². The zero-order valence-electron chi connectivity index (χ0n) is 20.4. The van der Waals surface area contributed by atoms with Crippen molar-refractivity contribution in [2.75, 3.05) is 0 Å². The van der Waals surface area contributed by atoms with Gasteiger partial charge in [0, 0.05) is 5.41 Å². The summed E-state index contributed by atoms with van der Waals surface area (Å²) >= 11 is 0. The van der Waals surface area contributed by atoms with Crippen LogP contribution in [0.2, 0.25) is 0 Å². The highest BCUT2D eigenvalue weighted by atomic mass is 16.5. The predicted molar refractivity (Wildman–Crippen MR) is 120 cm³/mol. The van der Waals surface area contributed by atoms with E-state index in [0.717, 1.165) is 32.1 Å². The minimum atomic E-state index is -0.895. The van der Waals surface area contributed by atoms with Gasteiger partial charge in [0.25, 0.3) is 0 Å². The molecule has 0 aromatic carbocycles. The number of hydrogen-bond acceptors (Lipinski definition) is 4. The maximum Gasteiger partial charge on any atom is 0.332 e. The topological polar surface area (TPSA) is 87.0 Å². The van der Waals surface area contributed by atoms with E-state index in [1.807, 2.05) is 0 Å². The third-order valence-electron chi connectivity index (χ3n) is 13.1. The van der Waals surface area contributed by atoms with Gasteiger partial charge in [-0.2, -0.15) is 0 Å². The van der Waals surface area contributed by atoms with Crippen molar-refractivity contribution in [1.82, 2.24) is 0 Å². The molecule has 12 atom stereocenters. The van der Waals surface area contributed by atoms with Crippen LogP contribution < -0.4 is 0 Å². The van der Waals surface area contributed by atoms with Gasteiger partial charge in [-0.3, -0.25) is 0 Å². The third-order valence-corrected chi connectivity index (χ3v) is 13.1. The summed E-state index contributed by atoms with van der Waals surface area (Å²) in [6.45, 7) is 11.5. The Balaban J connectivity index is 1.40. The number of fused-ring (bicyclic) bond motifs is 4. The standard InChI is InChI=1S/C27H42O5/c1-14-12-15(22(30)31)32-20-19(14)24(4)10-11-27-13-26(27)9-8-18(28)23(2,3)16(26)6-7-17(27)25(24,5)21(20)29/h14-21,28-29H,6-13H2,1-5H3,(H,30,31)/t14-,15?,16+,17?,18+,19+,20?,21+,24-,25-,26-,27?/m1/s1. The lowest BCUT2D eigenvalue weighted by Crippen LogP contribution is -2.59. The van der Waals surface area contributed by atoms with Gasteiger partial charge >= 0.3 is 5.97 Å². The van der Waals surface area contributed by atoms with Crippen molar-refractivity contribution < 1.29 is 24.9 Å². The number of hydrogen-bond donors (Lipinski definition) is 3. The molecule has 1 heterocycles. The maximum atomic E-state index is 11.9. The largest absolute Gasteiger partial charge is 0.479 e. The highest BCUT2D eigenvalue weighted by Crippen LogP contribution is 2.89. The molecule has 5 saturated carbocycles. The number of carboxylic acids is 1. The summed E-state index contributed by atoms with van der Waals surface area (Å²) in [7, 11) is 0. The van der Waals surface area contributed by atoms with E-state index in [4.69, 9.17) is 4.74 Å². The highest BCUT2D eigenvalue weighted by Gasteiger charge is 2.84. The molecule has 32 heavy (non-hydrogen) atoms. The Morgan fingerprint density at radius 1 is 0.938 bits per heavy atom. The Hall–Kier alpha value is -0.650. The first-order valence-electron chi connectivity index (χ1n) is 13.1. The van der Waals surface area contributed by atoms with E-state index in [2.05, 4.69) is 34.6 Å². The molecule has 0 bridgehead atoms. The van der Waals surface area contributed by atoms with Gasteiger partial charge in [-0.25, -0.2) is 4.79 Å². The number of carboxylic acid groups (broad SMARTS) is 1. The van der Waals surface area contributed by atoms with E-state index in [9.17, 15) is 20.1 Å². The van der Waals surface area contributed by atoms with Crippen LogP contribution in [-0.4, -0.2) is 45.7 Å². The number of ether oxygens (including phenoxy) is 1. The number of aliphatic hydroxyl groups excluding tert-OH is 2. The van der Waals surface area contributed by atoms with Crippen LogP contribution in [0.25, 0.3) is 0 Å². The van der Waals surface area contributed by atoms with E-state index < -0.39 is 18.2 Å². The molecule has 1 saturated heterocycles. The Morgan fingerprint density at radius 2 is 1.59 bits per heavy atom. The predicted octanol–water partition coefficient (Wildman–Crippen LogP) is 4.25. The summed E-state index contributed by atoms with van der Waals surface area (Å²) in [5, 5.41) is 32.4. The number of aliphatic hydroxyl groups is 2. The lowest BCUT2D eigenvalue weighted by Gasteiger charge is -2.63. The van der Waals surface area contributed by atoms with Crippen LogP contribution in [-0.2, 0) is 9.53 Å². The molecule has 5 heteroatoms. The van der Waals surface area contributed by atoms with E-state index in [1.165, 1.54) is 12.8 Å². The molecule has 1 aliphatic heterocycles. The number of rotatable bonds is 1. The molecular weight excluding hydrogens is 404 g/mol. The number of aliphatic carboxylic acids is 1. The minimum absolute atomic E-state index is 0.0315. The van der Waals surface area contributed by atoms with Gasteiger partial charge < -0.3 is 20.1 Å². The van der Waals surface area contributed by atoms with E-state index in [-0.39, 0.29) is 45.7 Å². The molecule has 5 nitrogen and oxygen atoms in total. The van der Waals surface area contributed by atoms with Crippen LogP contribution in [0, 0.1) is 50.7 Å². The lowest BCUT2D eigenvalue weighted by molar-refractivity contribution is -0.183. The van der Waals surface area contributed by atoms with Crippen molar-refractivity contribution in [2.45, 2.75) is 110 Å².